The molecule has 0 spiro atoms. The highest BCUT2D eigenvalue weighted by atomic mass is 79.9. The summed E-state index contributed by atoms with van der Waals surface area (Å²) in [6.45, 7) is 1.95. The molecular weight excluding hydrogens is 292 g/mol. The van der Waals surface area contributed by atoms with Gasteiger partial charge in [0.25, 0.3) is 0 Å². The highest BCUT2D eigenvalue weighted by Crippen LogP contribution is 2.47. The molecule has 0 radical (unpaired) electrons. The summed E-state index contributed by atoms with van der Waals surface area (Å²) in [5.74, 6) is -2.23. The lowest BCUT2D eigenvalue weighted by Crippen LogP contribution is -2.34. The maximum atomic E-state index is 12.8. The first-order valence-electron chi connectivity index (χ1n) is 5.35. The molecule has 0 saturated heterocycles. The lowest BCUT2D eigenvalue weighted by Gasteiger charge is -2.32. The van der Waals surface area contributed by atoms with Crippen LogP contribution in [0.15, 0.2) is 16.7 Å². The number of alkyl halides is 2. The van der Waals surface area contributed by atoms with Gasteiger partial charge in [-0.1, -0.05) is 0 Å². The van der Waals surface area contributed by atoms with Crippen LogP contribution in [0.2, 0.25) is 0 Å². The smallest absolute Gasteiger partial charge is 0.212 e. The van der Waals surface area contributed by atoms with Crippen LogP contribution in [0.4, 0.5) is 8.78 Å². The second-order valence-electron chi connectivity index (χ2n) is 4.56. The average molecular weight is 302 g/mol. The van der Waals surface area contributed by atoms with Gasteiger partial charge in [-0.3, -0.25) is 0 Å². The fourth-order valence-electron chi connectivity index (χ4n) is 2.10. The molecule has 0 atom stereocenters. The zero-order chi connectivity index (χ0) is 12.2. The van der Waals surface area contributed by atoms with E-state index in [1.54, 1.807) is 4.52 Å². The number of nitrogens with zero attached hydrogens (tertiary/aromatic N) is 3. The van der Waals surface area contributed by atoms with Gasteiger partial charge in [0.05, 0.1) is 0 Å². The molecule has 3 nitrogen and oxygen atoms in total. The topological polar surface area (TPSA) is 30.2 Å². The van der Waals surface area contributed by atoms with Crippen LogP contribution in [0, 0.1) is 6.92 Å². The molecule has 3 rings (SSSR count). The van der Waals surface area contributed by atoms with Gasteiger partial charge in [0.2, 0.25) is 5.92 Å². The predicted octanol–water partition coefficient (Wildman–Crippen LogP) is 3.31. The van der Waals surface area contributed by atoms with E-state index in [0.29, 0.717) is 11.5 Å². The first kappa shape index (κ1) is 11.1. The molecule has 1 saturated carbocycles. The molecular formula is C11H10BrF2N3. The van der Waals surface area contributed by atoms with Crippen molar-refractivity contribution < 1.29 is 8.78 Å². The first-order chi connectivity index (χ1) is 7.94. The largest absolute Gasteiger partial charge is 0.249 e. The molecule has 2 aromatic heterocycles. The second-order valence-corrected chi connectivity index (χ2v) is 5.37. The van der Waals surface area contributed by atoms with E-state index in [9.17, 15) is 8.78 Å². The highest BCUT2D eigenvalue weighted by Gasteiger charge is 2.47. The SMILES string of the molecule is Cc1cc(Br)n2nc(C3CC(F)(F)C3)nc2c1. The van der Waals surface area contributed by atoms with Crippen molar-refractivity contribution in [2.24, 2.45) is 0 Å². The molecule has 0 aliphatic heterocycles. The van der Waals surface area contributed by atoms with E-state index in [-0.39, 0.29) is 18.8 Å². The number of rotatable bonds is 1. The Hall–Kier alpha value is -1.04. The molecule has 6 heteroatoms. The Labute approximate surface area is 105 Å². The van der Waals surface area contributed by atoms with Crippen LogP contribution < -0.4 is 0 Å². The summed E-state index contributed by atoms with van der Waals surface area (Å²) in [5.41, 5.74) is 1.75. The molecule has 2 heterocycles. The minimum Gasteiger partial charge on any atom is -0.212 e. The Morgan fingerprint density at radius 3 is 2.76 bits per heavy atom. The molecule has 0 amide bonds. The van der Waals surface area contributed by atoms with Crippen LogP contribution >= 0.6 is 15.9 Å². The molecule has 17 heavy (non-hydrogen) atoms. The van der Waals surface area contributed by atoms with Gasteiger partial charge in [-0.25, -0.2) is 18.3 Å². The van der Waals surface area contributed by atoms with Crippen molar-refractivity contribution in [1.82, 2.24) is 14.6 Å². The van der Waals surface area contributed by atoms with Crippen molar-refractivity contribution in [3.63, 3.8) is 0 Å². The normalized spacial score (nSPS) is 19.5. The number of hydrogen-bond acceptors (Lipinski definition) is 2. The molecule has 90 valence electrons. The Morgan fingerprint density at radius 2 is 2.12 bits per heavy atom. The Bertz CT molecular complexity index is 586. The van der Waals surface area contributed by atoms with Crippen molar-refractivity contribution in [3.05, 3.63) is 28.1 Å². The summed E-state index contributed by atoms with van der Waals surface area (Å²) in [7, 11) is 0. The third kappa shape index (κ3) is 1.84. The number of pyridine rings is 1. The molecule has 1 aliphatic rings. The fraction of sp³-hybridized carbons (Fsp3) is 0.455. The standard InChI is InChI=1S/C11H10BrF2N3/c1-6-2-8(12)17-9(3-6)15-10(16-17)7-4-11(13,14)5-7/h2-3,7H,4-5H2,1H3. The van der Waals surface area contributed by atoms with E-state index < -0.39 is 5.92 Å². The molecule has 0 aromatic carbocycles. The van der Waals surface area contributed by atoms with E-state index >= 15 is 0 Å². The van der Waals surface area contributed by atoms with Crippen molar-refractivity contribution in [3.8, 4) is 0 Å². The minimum atomic E-state index is -2.53. The van der Waals surface area contributed by atoms with Crippen molar-refractivity contribution in [1.29, 1.82) is 0 Å². The van der Waals surface area contributed by atoms with Crippen LogP contribution in [-0.2, 0) is 0 Å². The van der Waals surface area contributed by atoms with Crippen molar-refractivity contribution in [2.45, 2.75) is 31.6 Å². The quantitative estimate of drug-likeness (QED) is 0.757. The molecule has 1 fully saturated rings. The van der Waals surface area contributed by atoms with E-state index in [1.165, 1.54) is 0 Å². The van der Waals surface area contributed by atoms with Gasteiger partial charge in [0.15, 0.2) is 11.5 Å². The van der Waals surface area contributed by atoms with E-state index in [4.69, 9.17) is 0 Å². The Kier molecular flexibility index (Phi) is 2.26. The number of fused-ring (bicyclic) bond motifs is 1. The molecule has 0 bridgehead atoms. The zero-order valence-corrected chi connectivity index (χ0v) is 10.7. The number of aryl methyl sites for hydroxylation is 1. The van der Waals surface area contributed by atoms with E-state index in [1.807, 2.05) is 19.1 Å². The summed E-state index contributed by atoms with van der Waals surface area (Å²) < 4.78 is 28.0. The summed E-state index contributed by atoms with van der Waals surface area (Å²) in [5, 5.41) is 4.27. The summed E-state index contributed by atoms with van der Waals surface area (Å²) in [6, 6.07) is 3.80. The molecule has 0 N–H and O–H groups in total. The maximum absolute atomic E-state index is 12.8. The van der Waals surface area contributed by atoms with Crippen LogP contribution in [0.5, 0.6) is 0 Å². The fourth-order valence-corrected chi connectivity index (χ4v) is 2.72. The summed E-state index contributed by atoms with van der Waals surface area (Å²) in [4.78, 5) is 4.31. The third-order valence-electron chi connectivity index (χ3n) is 3.01. The van der Waals surface area contributed by atoms with Crippen LogP contribution in [0.1, 0.15) is 30.1 Å². The lowest BCUT2D eigenvalue weighted by atomic mass is 9.81. The predicted molar refractivity (Wildman–Crippen MR) is 62.3 cm³/mol. The Balaban J connectivity index is 2.00. The highest BCUT2D eigenvalue weighted by molar-refractivity contribution is 9.10. The molecule has 2 aromatic rings. The monoisotopic (exact) mass is 301 g/mol. The van der Waals surface area contributed by atoms with Gasteiger partial charge in [0, 0.05) is 18.8 Å². The van der Waals surface area contributed by atoms with Gasteiger partial charge in [-0.05, 0) is 40.5 Å². The van der Waals surface area contributed by atoms with Gasteiger partial charge >= 0.3 is 0 Å². The lowest BCUT2D eigenvalue weighted by molar-refractivity contribution is -0.0884. The van der Waals surface area contributed by atoms with Crippen LogP contribution in [0.25, 0.3) is 5.65 Å². The second kappa shape index (κ2) is 3.48. The number of hydrogen-bond donors (Lipinski definition) is 0. The summed E-state index contributed by atoms with van der Waals surface area (Å²) >= 11 is 3.38. The Morgan fingerprint density at radius 1 is 1.41 bits per heavy atom. The van der Waals surface area contributed by atoms with E-state index in [0.717, 1.165) is 10.2 Å². The zero-order valence-electron chi connectivity index (χ0n) is 9.12. The van der Waals surface area contributed by atoms with Crippen molar-refractivity contribution >= 4 is 21.6 Å². The first-order valence-corrected chi connectivity index (χ1v) is 6.14. The molecule has 1 aliphatic carbocycles. The van der Waals surface area contributed by atoms with Gasteiger partial charge in [0.1, 0.15) is 4.60 Å². The minimum absolute atomic E-state index is 0.138. The van der Waals surface area contributed by atoms with Gasteiger partial charge in [-0.2, -0.15) is 0 Å². The van der Waals surface area contributed by atoms with Gasteiger partial charge in [-0.15, -0.1) is 5.10 Å². The van der Waals surface area contributed by atoms with Gasteiger partial charge < -0.3 is 0 Å². The number of halogens is 3. The van der Waals surface area contributed by atoms with Crippen LogP contribution in [-0.4, -0.2) is 20.5 Å². The number of aromatic nitrogens is 3. The molecule has 0 unspecified atom stereocenters. The maximum Gasteiger partial charge on any atom is 0.249 e. The van der Waals surface area contributed by atoms with Crippen molar-refractivity contribution in [2.75, 3.05) is 0 Å². The summed E-state index contributed by atoms with van der Waals surface area (Å²) in [6.07, 6.45) is -0.277. The third-order valence-corrected chi connectivity index (χ3v) is 3.57. The van der Waals surface area contributed by atoms with Crippen LogP contribution in [0.3, 0.4) is 0 Å². The van der Waals surface area contributed by atoms with E-state index in [2.05, 4.69) is 26.0 Å². The average Bonchev–Trinajstić information content (AvgIpc) is 2.57.